The van der Waals surface area contributed by atoms with Crippen LogP contribution in [0.5, 0.6) is 5.75 Å². The van der Waals surface area contributed by atoms with Crippen LogP contribution < -0.4 is 10.2 Å². The van der Waals surface area contributed by atoms with Gasteiger partial charge in [-0.2, -0.15) is 5.10 Å². The molecule has 5 nitrogen and oxygen atoms in total. The summed E-state index contributed by atoms with van der Waals surface area (Å²) in [6.07, 6.45) is 5.29. The lowest BCUT2D eigenvalue weighted by molar-refractivity contribution is 0.0955. The van der Waals surface area contributed by atoms with E-state index in [1.807, 2.05) is 71.6 Å². The third-order valence-electron chi connectivity index (χ3n) is 4.71. The molecule has 0 radical (unpaired) electrons. The van der Waals surface area contributed by atoms with Gasteiger partial charge in [-0.1, -0.05) is 53.5 Å². The summed E-state index contributed by atoms with van der Waals surface area (Å²) in [6, 6.07) is 23.9. The molecule has 32 heavy (non-hydrogen) atoms. The molecule has 0 fully saturated rings. The quantitative estimate of drug-likeness (QED) is 0.264. The van der Waals surface area contributed by atoms with Gasteiger partial charge >= 0.3 is 0 Å². The van der Waals surface area contributed by atoms with E-state index in [9.17, 15) is 4.79 Å². The van der Waals surface area contributed by atoms with Crippen LogP contribution in [0.2, 0.25) is 10.0 Å². The predicted octanol–water partition coefficient (Wildman–Crippen LogP) is 6.13. The third-order valence-corrected chi connectivity index (χ3v) is 5.37. The molecule has 0 aliphatic heterocycles. The van der Waals surface area contributed by atoms with E-state index in [0.29, 0.717) is 28.0 Å². The van der Waals surface area contributed by atoms with Gasteiger partial charge in [-0.15, -0.1) is 0 Å². The number of nitrogens with zero attached hydrogens (tertiary/aromatic N) is 2. The SMILES string of the molecule is O=C(N/N=C\c1ccc(OCc2ccccc2Cl)c(Cl)c1)c1ccccc1-n1cccc1. The van der Waals surface area contributed by atoms with E-state index in [1.54, 1.807) is 24.3 Å². The standard InChI is InChI=1S/C25H19Cl2N3O2/c26-21-9-3-1-7-19(21)17-32-24-12-11-18(15-22(24)27)16-28-29-25(31)20-8-2-4-10-23(20)30-13-5-6-14-30/h1-16H,17H2,(H,29,31)/b28-16-. The number of hydrazone groups is 1. The summed E-state index contributed by atoms with van der Waals surface area (Å²) < 4.78 is 7.65. The molecule has 0 aliphatic rings. The summed E-state index contributed by atoms with van der Waals surface area (Å²) in [7, 11) is 0. The minimum atomic E-state index is -0.309. The lowest BCUT2D eigenvalue weighted by Crippen LogP contribution is -2.19. The van der Waals surface area contributed by atoms with E-state index >= 15 is 0 Å². The van der Waals surface area contributed by atoms with Gasteiger partial charge in [-0.05, 0) is 54.1 Å². The third kappa shape index (κ3) is 5.19. The highest BCUT2D eigenvalue weighted by molar-refractivity contribution is 6.32. The summed E-state index contributed by atoms with van der Waals surface area (Å²) in [6.45, 7) is 0.309. The fraction of sp³-hybridized carbons (Fsp3) is 0.0400. The highest BCUT2D eigenvalue weighted by atomic mass is 35.5. The Bertz CT molecular complexity index is 1250. The Labute approximate surface area is 195 Å². The van der Waals surface area contributed by atoms with Crippen LogP contribution in [-0.2, 0) is 6.61 Å². The van der Waals surface area contributed by atoms with Gasteiger partial charge in [0.1, 0.15) is 12.4 Å². The molecule has 1 aromatic heterocycles. The normalized spacial score (nSPS) is 10.9. The number of para-hydroxylation sites is 1. The molecule has 1 N–H and O–H groups in total. The van der Waals surface area contributed by atoms with Crippen molar-refractivity contribution in [2.45, 2.75) is 6.61 Å². The fourth-order valence-electron chi connectivity index (χ4n) is 3.10. The first-order valence-corrected chi connectivity index (χ1v) is 10.6. The summed E-state index contributed by atoms with van der Waals surface area (Å²) in [4.78, 5) is 12.6. The molecule has 160 valence electrons. The first kappa shape index (κ1) is 21.7. The Kier molecular flexibility index (Phi) is 6.90. The molecule has 7 heteroatoms. The summed E-state index contributed by atoms with van der Waals surface area (Å²) in [5, 5.41) is 5.14. The van der Waals surface area contributed by atoms with E-state index in [-0.39, 0.29) is 5.91 Å². The van der Waals surface area contributed by atoms with Crippen LogP contribution in [0.25, 0.3) is 5.69 Å². The van der Waals surface area contributed by atoms with Crippen LogP contribution in [0.15, 0.2) is 96.4 Å². The molecule has 1 heterocycles. The van der Waals surface area contributed by atoms with E-state index in [4.69, 9.17) is 27.9 Å². The van der Waals surface area contributed by atoms with Gasteiger partial charge in [-0.25, -0.2) is 5.43 Å². The lowest BCUT2D eigenvalue weighted by Gasteiger charge is -2.10. The molecule has 0 atom stereocenters. The fourth-order valence-corrected chi connectivity index (χ4v) is 3.53. The zero-order valence-corrected chi connectivity index (χ0v) is 18.4. The van der Waals surface area contributed by atoms with Crippen LogP contribution in [0.1, 0.15) is 21.5 Å². The van der Waals surface area contributed by atoms with Gasteiger partial charge in [0.2, 0.25) is 0 Å². The molecule has 4 rings (SSSR count). The molecule has 4 aromatic rings. The number of carbonyl (C=O) groups is 1. The monoisotopic (exact) mass is 463 g/mol. The van der Waals surface area contributed by atoms with Crippen molar-refractivity contribution in [1.82, 2.24) is 9.99 Å². The molecule has 0 bridgehead atoms. The van der Waals surface area contributed by atoms with Crippen LogP contribution >= 0.6 is 23.2 Å². The van der Waals surface area contributed by atoms with Gasteiger partial charge in [-0.3, -0.25) is 4.79 Å². The van der Waals surface area contributed by atoms with E-state index in [0.717, 1.165) is 16.8 Å². The minimum absolute atomic E-state index is 0.309. The van der Waals surface area contributed by atoms with E-state index in [2.05, 4.69) is 10.5 Å². The van der Waals surface area contributed by atoms with E-state index in [1.165, 1.54) is 6.21 Å². The molecule has 0 saturated heterocycles. The molecule has 1 amide bonds. The zero-order valence-electron chi connectivity index (χ0n) is 16.9. The van der Waals surface area contributed by atoms with E-state index < -0.39 is 0 Å². The van der Waals surface area contributed by atoms with Crippen LogP contribution in [0, 0.1) is 0 Å². The Morgan fingerprint density at radius 3 is 2.47 bits per heavy atom. The molecule has 0 aliphatic carbocycles. The molecule has 0 unspecified atom stereocenters. The second-order valence-corrected chi connectivity index (χ2v) is 7.69. The number of carbonyl (C=O) groups excluding carboxylic acids is 1. The Hall–Kier alpha value is -3.54. The van der Waals surface area contributed by atoms with Crippen LogP contribution in [0.3, 0.4) is 0 Å². The maximum absolute atomic E-state index is 12.6. The van der Waals surface area contributed by atoms with Crippen molar-refractivity contribution < 1.29 is 9.53 Å². The van der Waals surface area contributed by atoms with Gasteiger partial charge in [0.15, 0.2) is 0 Å². The lowest BCUT2D eigenvalue weighted by atomic mass is 10.1. The predicted molar refractivity (Wildman–Crippen MR) is 128 cm³/mol. The van der Waals surface area contributed by atoms with Crippen molar-refractivity contribution in [2.75, 3.05) is 0 Å². The van der Waals surface area contributed by atoms with Gasteiger partial charge in [0.25, 0.3) is 5.91 Å². The van der Waals surface area contributed by atoms with Crippen molar-refractivity contribution in [3.05, 3.63) is 118 Å². The second kappa shape index (κ2) is 10.2. The Morgan fingerprint density at radius 1 is 0.938 bits per heavy atom. The smallest absolute Gasteiger partial charge is 0.273 e. The Balaban J connectivity index is 1.40. The molecule has 3 aromatic carbocycles. The number of halogens is 2. The minimum Gasteiger partial charge on any atom is -0.487 e. The number of nitrogens with one attached hydrogen (secondary N) is 1. The van der Waals surface area contributed by atoms with Gasteiger partial charge < -0.3 is 9.30 Å². The highest BCUT2D eigenvalue weighted by Crippen LogP contribution is 2.27. The number of hydrogen-bond donors (Lipinski definition) is 1. The van der Waals surface area contributed by atoms with Crippen molar-refractivity contribution in [2.24, 2.45) is 5.10 Å². The van der Waals surface area contributed by atoms with Crippen molar-refractivity contribution in [3.63, 3.8) is 0 Å². The number of benzene rings is 3. The average Bonchev–Trinajstić information content (AvgIpc) is 3.34. The zero-order chi connectivity index (χ0) is 22.3. The summed E-state index contributed by atoms with van der Waals surface area (Å²) in [5.74, 6) is 0.227. The number of hydrogen-bond acceptors (Lipinski definition) is 3. The molecule has 0 spiro atoms. The van der Waals surface area contributed by atoms with Gasteiger partial charge in [0.05, 0.1) is 22.5 Å². The van der Waals surface area contributed by atoms with Gasteiger partial charge in [0, 0.05) is 23.0 Å². The number of rotatable bonds is 7. The number of ether oxygens (including phenoxy) is 1. The molecular formula is C25H19Cl2N3O2. The topological polar surface area (TPSA) is 55.6 Å². The van der Waals surface area contributed by atoms with Crippen LogP contribution in [0.4, 0.5) is 0 Å². The maximum Gasteiger partial charge on any atom is 0.273 e. The molecular weight excluding hydrogens is 445 g/mol. The first-order chi connectivity index (χ1) is 15.6. The maximum atomic E-state index is 12.6. The average molecular weight is 464 g/mol. The summed E-state index contributed by atoms with van der Waals surface area (Å²) in [5.41, 5.74) is 5.45. The Morgan fingerprint density at radius 2 is 1.69 bits per heavy atom. The summed E-state index contributed by atoms with van der Waals surface area (Å²) >= 11 is 12.5. The molecule has 0 saturated carbocycles. The first-order valence-electron chi connectivity index (χ1n) is 9.83. The largest absolute Gasteiger partial charge is 0.487 e. The van der Waals surface area contributed by atoms with Crippen molar-refractivity contribution >= 4 is 35.3 Å². The highest BCUT2D eigenvalue weighted by Gasteiger charge is 2.11. The second-order valence-electron chi connectivity index (χ2n) is 6.88. The number of amides is 1. The van der Waals surface area contributed by atoms with Crippen LogP contribution in [-0.4, -0.2) is 16.7 Å². The van der Waals surface area contributed by atoms with Crippen molar-refractivity contribution in [1.29, 1.82) is 0 Å². The van der Waals surface area contributed by atoms with Crippen molar-refractivity contribution in [3.8, 4) is 11.4 Å². The number of aromatic nitrogens is 1.